The predicted molar refractivity (Wildman–Crippen MR) is 128 cm³/mol. The first kappa shape index (κ1) is 22.6. The molecule has 0 atom stereocenters. The van der Waals surface area contributed by atoms with Gasteiger partial charge in [-0.1, -0.05) is 17.7 Å². The van der Waals surface area contributed by atoms with Gasteiger partial charge in [-0.05, 0) is 45.4 Å². The molecule has 33 heavy (non-hydrogen) atoms. The molecule has 0 aliphatic rings. The van der Waals surface area contributed by atoms with Crippen LogP contribution >= 0.6 is 11.3 Å². The van der Waals surface area contributed by atoms with Gasteiger partial charge in [0.05, 0.1) is 28.0 Å². The Labute approximate surface area is 195 Å². The molecule has 4 rings (SSSR count). The summed E-state index contributed by atoms with van der Waals surface area (Å²) in [6, 6.07) is 7.62. The minimum absolute atomic E-state index is 0.00384. The van der Waals surface area contributed by atoms with Crippen molar-refractivity contribution < 1.29 is 14.3 Å². The predicted octanol–water partition coefficient (Wildman–Crippen LogP) is 4.70. The number of ether oxygens (including phenoxy) is 1. The summed E-state index contributed by atoms with van der Waals surface area (Å²) < 4.78 is 7.23. The third-order valence-electron chi connectivity index (χ3n) is 5.31. The number of rotatable bonds is 5. The zero-order valence-electron chi connectivity index (χ0n) is 19.5. The Bertz CT molecular complexity index is 1390. The summed E-state index contributed by atoms with van der Waals surface area (Å²) in [6.45, 7) is 9.15. The number of benzene rings is 1. The number of nitrogens with zero attached hydrogens (tertiary/aromatic N) is 5. The fraction of sp³-hybridized carbons (Fsp3) is 0.292. The molecule has 3 aromatic heterocycles. The molecular weight excluding hydrogens is 438 g/mol. The molecule has 0 radical (unpaired) electrons. The van der Waals surface area contributed by atoms with E-state index in [9.17, 15) is 9.59 Å². The van der Waals surface area contributed by atoms with Crippen molar-refractivity contribution in [2.24, 2.45) is 7.05 Å². The van der Waals surface area contributed by atoms with Gasteiger partial charge in [0.15, 0.2) is 10.8 Å². The first-order valence-corrected chi connectivity index (χ1v) is 11.3. The Morgan fingerprint density at radius 1 is 1.12 bits per heavy atom. The summed E-state index contributed by atoms with van der Waals surface area (Å²) in [5.41, 5.74) is 5.96. The molecule has 0 unspecified atom stereocenters. The summed E-state index contributed by atoms with van der Waals surface area (Å²) in [6.07, 6.45) is 0. The molecular formula is C24H25N5O3S. The number of esters is 1. The van der Waals surface area contributed by atoms with Crippen LogP contribution in [0.3, 0.4) is 0 Å². The van der Waals surface area contributed by atoms with Crippen molar-refractivity contribution in [3.8, 4) is 0 Å². The number of anilines is 2. The standard InChI is InChI=1S/C24H25N5O3S/c1-13-7-8-20(14(2)9-13)29(17(5)30)24-26-18(12-33-24)11-32-23(31)19-10-15(3)25-22-21(19)16(4)27-28(22)6/h7-10,12H,11H2,1-6H3. The van der Waals surface area contributed by atoms with Crippen molar-refractivity contribution >= 4 is 45.1 Å². The number of carbonyl (C=O) groups is 2. The average molecular weight is 464 g/mol. The molecule has 0 saturated carbocycles. The molecule has 0 aliphatic carbocycles. The normalized spacial score (nSPS) is 11.1. The molecule has 8 nitrogen and oxygen atoms in total. The maximum Gasteiger partial charge on any atom is 0.339 e. The second kappa shape index (κ2) is 8.74. The maximum atomic E-state index is 12.9. The fourth-order valence-corrected chi connectivity index (χ4v) is 4.74. The molecule has 0 bridgehead atoms. The first-order valence-electron chi connectivity index (χ1n) is 10.5. The minimum Gasteiger partial charge on any atom is -0.456 e. The molecule has 1 aromatic carbocycles. The van der Waals surface area contributed by atoms with Crippen molar-refractivity contribution in [1.82, 2.24) is 19.7 Å². The Morgan fingerprint density at radius 2 is 1.88 bits per heavy atom. The van der Waals surface area contributed by atoms with Gasteiger partial charge in [0.25, 0.3) is 0 Å². The molecule has 0 N–H and O–H groups in total. The number of pyridine rings is 1. The summed E-state index contributed by atoms with van der Waals surface area (Å²) in [7, 11) is 1.80. The van der Waals surface area contributed by atoms with Gasteiger partial charge < -0.3 is 4.74 Å². The smallest absolute Gasteiger partial charge is 0.339 e. The first-order chi connectivity index (χ1) is 15.7. The molecule has 0 spiro atoms. The SMILES string of the molecule is CC(=O)N(c1nc(COC(=O)c2cc(C)nc3c2c(C)nn3C)cs1)c1ccc(C)cc1C. The molecule has 0 aliphatic heterocycles. The highest BCUT2D eigenvalue weighted by Gasteiger charge is 2.22. The molecule has 170 valence electrons. The van der Waals surface area contributed by atoms with Crippen molar-refractivity contribution in [3.63, 3.8) is 0 Å². The lowest BCUT2D eigenvalue weighted by Crippen LogP contribution is -2.23. The second-order valence-electron chi connectivity index (χ2n) is 8.06. The number of aromatic nitrogens is 4. The van der Waals surface area contributed by atoms with Gasteiger partial charge in [-0.25, -0.2) is 14.8 Å². The van der Waals surface area contributed by atoms with Crippen LogP contribution in [0.4, 0.5) is 10.8 Å². The van der Waals surface area contributed by atoms with E-state index in [4.69, 9.17) is 4.74 Å². The number of thiazole rings is 1. The summed E-state index contributed by atoms with van der Waals surface area (Å²) in [4.78, 5) is 36.0. The highest BCUT2D eigenvalue weighted by Crippen LogP contribution is 2.32. The van der Waals surface area contributed by atoms with Gasteiger partial charge in [-0.3, -0.25) is 14.4 Å². The van der Waals surface area contributed by atoms with Crippen molar-refractivity contribution in [2.75, 3.05) is 4.90 Å². The van der Waals surface area contributed by atoms with Gasteiger partial charge in [0, 0.05) is 25.0 Å². The maximum absolute atomic E-state index is 12.9. The molecule has 3 heterocycles. The fourth-order valence-electron chi connectivity index (χ4n) is 3.88. The number of carbonyl (C=O) groups excluding carboxylic acids is 2. The number of fused-ring (bicyclic) bond motifs is 1. The van der Waals surface area contributed by atoms with Crippen molar-refractivity contribution in [2.45, 2.75) is 41.2 Å². The van der Waals surface area contributed by atoms with E-state index in [2.05, 4.69) is 15.1 Å². The largest absolute Gasteiger partial charge is 0.456 e. The van der Waals surface area contributed by atoms with E-state index in [1.165, 1.54) is 18.3 Å². The Kier molecular flexibility index (Phi) is 5.99. The van der Waals surface area contributed by atoms with E-state index in [0.29, 0.717) is 38.8 Å². The van der Waals surface area contributed by atoms with Crippen LogP contribution in [0.25, 0.3) is 11.0 Å². The third-order valence-corrected chi connectivity index (χ3v) is 6.18. The van der Waals surface area contributed by atoms with Crippen LogP contribution in [0.5, 0.6) is 0 Å². The van der Waals surface area contributed by atoms with Gasteiger partial charge >= 0.3 is 5.97 Å². The van der Waals surface area contributed by atoms with E-state index >= 15 is 0 Å². The average Bonchev–Trinajstić information content (AvgIpc) is 3.31. The lowest BCUT2D eigenvalue weighted by molar-refractivity contribution is -0.115. The zero-order chi connectivity index (χ0) is 23.9. The number of hydrogen-bond acceptors (Lipinski definition) is 7. The van der Waals surface area contributed by atoms with E-state index in [-0.39, 0.29) is 12.5 Å². The van der Waals surface area contributed by atoms with Crippen LogP contribution in [0.1, 0.15) is 45.5 Å². The van der Waals surface area contributed by atoms with E-state index in [1.54, 1.807) is 28.1 Å². The molecule has 9 heteroatoms. The van der Waals surface area contributed by atoms with Crippen LogP contribution in [0.2, 0.25) is 0 Å². The van der Waals surface area contributed by atoms with Gasteiger partial charge in [-0.2, -0.15) is 5.10 Å². The van der Waals surface area contributed by atoms with E-state index < -0.39 is 5.97 Å². The van der Waals surface area contributed by atoms with E-state index in [0.717, 1.165) is 16.8 Å². The number of hydrogen-bond donors (Lipinski definition) is 0. The summed E-state index contributed by atoms with van der Waals surface area (Å²) in [5.74, 6) is -0.601. The summed E-state index contributed by atoms with van der Waals surface area (Å²) in [5, 5.41) is 7.39. The number of amides is 1. The van der Waals surface area contributed by atoms with E-state index in [1.807, 2.05) is 45.9 Å². The topological polar surface area (TPSA) is 90.2 Å². The highest BCUT2D eigenvalue weighted by molar-refractivity contribution is 7.14. The Morgan fingerprint density at radius 3 is 2.58 bits per heavy atom. The van der Waals surface area contributed by atoms with Gasteiger partial charge in [-0.15, -0.1) is 11.3 Å². The van der Waals surface area contributed by atoms with Crippen LogP contribution in [0.15, 0.2) is 29.6 Å². The van der Waals surface area contributed by atoms with Crippen LogP contribution < -0.4 is 4.90 Å². The lowest BCUT2D eigenvalue weighted by Gasteiger charge is -2.20. The highest BCUT2D eigenvalue weighted by atomic mass is 32.1. The Hall–Kier alpha value is -3.59. The molecule has 0 saturated heterocycles. The van der Waals surface area contributed by atoms with Crippen molar-refractivity contribution in [3.05, 3.63) is 63.4 Å². The van der Waals surface area contributed by atoms with Gasteiger partial charge in [0.2, 0.25) is 5.91 Å². The molecule has 1 amide bonds. The van der Waals surface area contributed by atoms with Crippen LogP contribution in [-0.2, 0) is 23.2 Å². The lowest BCUT2D eigenvalue weighted by atomic mass is 10.1. The van der Waals surface area contributed by atoms with Gasteiger partial charge in [0.1, 0.15) is 6.61 Å². The zero-order valence-corrected chi connectivity index (χ0v) is 20.3. The van der Waals surface area contributed by atoms with Crippen LogP contribution in [-0.4, -0.2) is 31.6 Å². The molecule has 0 fully saturated rings. The van der Waals surface area contributed by atoms with Crippen LogP contribution in [0, 0.1) is 27.7 Å². The number of aryl methyl sites for hydroxylation is 5. The monoisotopic (exact) mass is 463 g/mol. The Balaban J connectivity index is 1.56. The van der Waals surface area contributed by atoms with Crippen molar-refractivity contribution in [1.29, 1.82) is 0 Å². The molecule has 4 aromatic rings. The second-order valence-corrected chi connectivity index (χ2v) is 8.90. The summed E-state index contributed by atoms with van der Waals surface area (Å²) >= 11 is 1.33. The minimum atomic E-state index is -0.464. The third kappa shape index (κ3) is 4.36. The quantitative estimate of drug-likeness (QED) is 0.399.